The Hall–Kier alpha value is -4.27. The van der Waals surface area contributed by atoms with Crippen molar-refractivity contribution < 1.29 is 9.53 Å². The molecule has 0 aliphatic carbocycles. The van der Waals surface area contributed by atoms with Gasteiger partial charge in [0.2, 0.25) is 5.91 Å². The Morgan fingerprint density at radius 3 is 2.33 bits per heavy atom. The van der Waals surface area contributed by atoms with E-state index in [1.165, 1.54) is 15.4 Å². The number of hydrogen-bond acceptors (Lipinski definition) is 6. The lowest BCUT2D eigenvalue weighted by molar-refractivity contribution is -0.121. The van der Waals surface area contributed by atoms with Gasteiger partial charge in [0.05, 0.1) is 36.8 Å². The Labute approximate surface area is 208 Å². The summed E-state index contributed by atoms with van der Waals surface area (Å²) in [6.45, 7) is 4.42. The maximum absolute atomic E-state index is 13.0. The largest absolute Gasteiger partial charge is 0.497 e. The zero-order valence-corrected chi connectivity index (χ0v) is 20.6. The Morgan fingerprint density at radius 1 is 0.944 bits per heavy atom. The van der Waals surface area contributed by atoms with Crippen molar-refractivity contribution in [3.05, 3.63) is 87.1 Å². The van der Waals surface area contributed by atoms with E-state index in [-0.39, 0.29) is 36.0 Å². The highest BCUT2D eigenvalue weighted by Crippen LogP contribution is 2.19. The van der Waals surface area contributed by atoms with Gasteiger partial charge in [-0.1, -0.05) is 25.1 Å². The summed E-state index contributed by atoms with van der Waals surface area (Å²) in [6, 6.07) is 17.4. The first kappa shape index (κ1) is 24.8. The minimum absolute atomic E-state index is 0.0194. The number of amides is 1. The molecule has 0 fully saturated rings. The van der Waals surface area contributed by atoms with Crippen molar-refractivity contribution in [2.45, 2.75) is 45.8 Å². The molecule has 9 heteroatoms. The van der Waals surface area contributed by atoms with Gasteiger partial charge in [0.15, 0.2) is 0 Å². The van der Waals surface area contributed by atoms with E-state index >= 15 is 0 Å². The van der Waals surface area contributed by atoms with Crippen LogP contribution in [-0.4, -0.2) is 38.6 Å². The average Bonchev–Trinajstić information content (AvgIpc) is 2.91. The maximum Gasteiger partial charge on any atom is 0.274 e. The molecule has 1 atom stereocenters. The van der Waals surface area contributed by atoms with E-state index in [0.29, 0.717) is 35.1 Å². The second-order valence-corrected chi connectivity index (χ2v) is 8.43. The van der Waals surface area contributed by atoms with Crippen molar-refractivity contribution in [2.24, 2.45) is 0 Å². The van der Waals surface area contributed by atoms with Crippen molar-refractivity contribution in [1.29, 1.82) is 0 Å². The second kappa shape index (κ2) is 11.0. The molecule has 2 aromatic heterocycles. The highest BCUT2D eigenvalue weighted by molar-refractivity contribution is 5.88. The van der Waals surface area contributed by atoms with Crippen molar-refractivity contribution in [2.75, 3.05) is 7.11 Å². The predicted molar refractivity (Wildman–Crippen MR) is 138 cm³/mol. The summed E-state index contributed by atoms with van der Waals surface area (Å²) < 4.78 is 7.95. The van der Waals surface area contributed by atoms with Gasteiger partial charge in [0.1, 0.15) is 5.75 Å². The number of ether oxygens (including phenoxy) is 1. The Kier molecular flexibility index (Phi) is 7.58. The van der Waals surface area contributed by atoms with E-state index in [1.807, 2.05) is 44.2 Å². The van der Waals surface area contributed by atoms with Crippen molar-refractivity contribution >= 4 is 16.7 Å². The molecular weight excluding hydrogens is 458 g/mol. The molecule has 0 unspecified atom stereocenters. The molecule has 0 radical (unpaired) electrons. The quantitative estimate of drug-likeness (QED) is 0.389. The van der Waals surface area contributed by atoms with Crippen LogP contribution in [0.1, 0.15) is 26.0 Å². The third-order valence-electron chi connectivity index (χ3n) is 6.08. The molecule has 9 nitrogen and oxygen atoms in total. The standard InChI is InChI=1S/C27H29N5O4/c1-4-19(17-32-26(34)15-14-23(29-32)18-10-12-20(36-3)13-11-18)28-25(33)16-24-21-8-6-7-9-22(21)27(35)31(5-2)30-24/h6-15,19H,4-5,16-17H2,1-3H3,(H,28,33)/t19-/m1/s1. The first-order valence-corrected chi connectivity index (χ1v) is 11.9. The molecular formula is C27H29N5O4. The smallest absolute Gasteiger partial charge is 0.274 e. The van der Waals surface area contributed by atoms with Gasteiger partial charge in [-0.2, -0.15) is 10.2 Å². The molecule has 36 heavy (non-hydrogen) atoms. The molecule has 4 rings (SSSR count). The van der Waals surface area contributed by atoms with E-state index in [0.717, 1.165) is 11.3 Å². The fraction of sp³-hybridized carbons (Fsp3) is 0.296. The van der Waals surface area contributed by atoms with E-state index in [1.54, 1.807) is 31.4 Å². The number of nitrogens with zero attached hydrogens (tertiary/aromatic N) is 4. The van der Waals surface area contributed by atoms with Gasteiger partial charge in [0, 0.05) is 29.6 Å². The number of rotatable bonds is 9. The van der Waals surface area contributed by atoms with Crippen LogP contribution in [0.3, 0.4) is 0 Å². The first-order chi connectivity index (χ1) is 17.4. The van der Waals surface area contributed by atoms with Crippen LogP contribution in [0.25, 0.3) is 22.0 Å². The van der Waals surface area contributed by atoms with Crippen LogP contribution in [0.4, 0.5) is 0 Å². The topological polar surface area (TPSA) is 108 Å². The summed E-state index contributed by atoms with van der Waals surface area (Å²) >= 11 is 0. The van der Waals surface area contributed by atoms with E-state index < -0.39 is 0 Å². The van der Waals surface area contributed by atoms with E-state index in [2.05, 4.69) is 15.5 Å². The van der Waals surface area contributed by atoms with Crippen LogP contribution in [0, 0.1) is 0 Å². The molecule has 2 aromatic carbocycles. The SMILES string of the molecule is CC[C@H](Cn1nc(-c2ccc(OC)cc2)ccc1=O)NC(=O)Cc1nn(CC)c(=O)c2ccccc12. The van der Waals surface area contributed by atoms with Crippen molar-refractivity contribution in [3.63, 3.8) is 0 Å². The molecule has 4 aromatic rings. The number of hydrogen-bond donors (Lipinski definition) is 1. The molecule has 0 aliphatic rings. The number of carbonyl (C=O) groups is 1. The number of carbonyl (C=O) groups excluding carboxylic acids is 1. The summed E-state index contributed by atoms with van der Waals surface area (Å²) in [5, 5.41) is 13.1. The summed E-state index contributed by atoms with van der Waals surface area (Å²) in [5.74, 6) is 0.498. The highest BCUT2D eigenvalue weighted by Gasteiger charge is 2.17. The van der Waals surface area contributed by atoms with Crippen molar-refractivity contribution in [1.82, 2.24) is 24.9 Å². The molecule has 2 heterocycles. The molecule has 1 N–H and O–H groups in total. The van der Waals surface area contributed by atoms with Crippen LogP contribution in [0.5, 0.6) is 5.75 Å². The third-order valence-corrected chi connectivity index (χ3v) is 6.08. The minimum atomic E-state index is -0.308. The lowest BCUT2D eigenvalue weighted by Crippen LogP contribution is -2.41. The number of aryl methyl sites for hydroxylation is 1. The fourth-order valence-electron chi connectivity index (χ4n) is 4.06. The highest BCUT2D eigenvalue weighted by atomic mass is 16.5. The minimum Gasteiger partial charge on any atom is -0.497 e. The van der Waals surface area contributed by atoms with Gasteiger partial charge >= 0.3 is 0 Å². The van der Waals surface area contributed by atoms with Gasteiger partial charge in [-0.05, 0) is 49.7 Å². The summed E-state index contributed by atoms with van der Waals surface area (Å²) in [4.78, 5) is 38.1. The van der Waals surface area contributed by atoms with Crippen LogP contribution >= 0.6 is 0 Å². The van der Waals surface area contributed by atoms with Gasteiger partial charge in [-0.25, -0.2) is 9.36 Å². The monoisotopic (exact) mass is 487 g/mol. The summed E-state index contributed by atoms with van der Waals surface area (Å²) in [7, 11) is 1.60. The zero-order valence-electron chi connectivity index (χ0n) is 20.6. The predicted octanol–water partition coefficient (Wildman–Crippen LogP) is 2.79. The van der Waals surface area contributed by atoms with Crippen LogP contribution in [0.15, 0.2) is 70.3 Å². The third kappa shape index (κ3) is 5.35. The molecule has 0 saturated heterocycles. The van der Waals surface area contributed by atoms with Crippen LogP contribution in [0.2, 0.25) is 0 Å². The molecule has 1 amide bonds. The second-order valence-electron chi connectivity index (χ2n) is 8.43. The summed E-state index contributed by atoms with van der Waals surface area (Å²) in [6.07, 6.45) is 0.626. The average molecular weight is 488 g/mol. The summed E-state index contributed by atoms with van der Waals surface area (Å²) in [5.41, 5.74) is 1.62. The van der Waals surface area contributed by atoms with Gasteiger partial charge in [0.25, 0.3) is 11.1 Å². The van der Waals surface area contributed by atoms with Crippen LogP contribution < -0.4 is 21.2 Å². The van der Waals surface area contributed by atoms with Crippen LogP contribution in [-0.2, 0) is 24.3 Å². The Bertz CT molecular complexity index is 1490. The van der Waals surface area contributed by atoms with E-state index in [9.17, 15) is 14.4 Å². The molecule has 0 aliphatic heterocycles. The maximum atomic E-state index is 13.0. The van der Waals surface area contributed by atoms with Gasteiger partial charge in [-0.15, -0.1) is 0 Å². The van der Waals surface area contributed by atoms with Gasteiger partial charge in [-0.3, -0.25) is 14.4 Å². The Morgan fingerprint density at radius 2 is 1.67 bits per heavy atom. The van der Waals surface area contributed by atoms with Crippen molar-refractivity contribution in [3.8, 4) is 17.0 Å². The molecule has 0 bridgehead atoms. The molecule has 0 saturated carbocycles. The number of aromatic nitrogens is 4. The lowest BCUT2D eigenvalue weighted by Gasteiger charge is -2.18. The normalized spacial score (nSPS) is 11.9. The number of benzene rings is 2. The number of methoxy groups -OCH3 is 1. The van der Waals surface area contributed by atoms with Gasteiger partial charge < -0.3 is 10.1 Å². The Balaban J connectivity index is 1.52. The lowest BCUT2D eigenvalue weighted by atomic mass is 10.1. The van der Waals surface area contributed by atoms with E-state index in [4.69, 9.17) is 4.74 Å². The zero-order chi connectivity index (χ0) is 25.7. The molecule has 186 valence electrons. The first-order valence-electron chi connectivity index (χ1n) is 11.9. The number of nitrogens with one attached hydrogen (secondary N) is 1. The number of fused-ring (bicyclic) bond motifs is 1. The fourth-order valence-corrected chi connectivity index (χ4v) is 4.06. The molecule has 0 spiro atoms.